The molecule has 0 unspecified atom stereocenters. The summed E-state index contributed by atoms with van der Waals surface area (Å²) in [5.41, 5.74) is 0.892. The number of piperidine rings is 1. The predicted octanol–water partition coefficient (Wildman–Crippen LogP) is 2.32. The second-order valence-electron chi connectivity index (χ2n) is 7.80. The second-order valence-corrected chi connectivity index (χ2v) is 7.80. The minimum absolute atomic E-state index is 0.0942. The molecule has 1 spiro atoms. The Balaban J connectivity index is 1.32. The van der Waals surface area contributed by atoms with Crippen LogP contribution >= 0.6 is 0 Å². The van der Waals surface area contributed by atoms with Crippen LogP contribution in [0.1, 0.15) is 54.7 Å². The van der Waals surface area contributed by atoms with Gasteiger partial charge in [-0.1, -0.05) is 23.4 Å². The van der Waals surface area contributed by atoms with E-state index in [1.54, 1.807) is 25.1 Å². The quantitative estimate of drug-likeness (QED) is 0.852. The van der Waals surface area contributed by atoms with E-state index >= 15 is 0 Å². The van der Waals surface area contributed by atoms with Gasteiger partial charge in [0.1, 0.15) is 11.9 Å². The van der Waals surface area contributed by atoms with Gasteiger partial charge in [0.2, 0.25) is 11.8 Å². The Kier molecular flexibility index (Phi) is 4.87. The minimum Gasteiger partial charge on any atom is -0.341 e. The van der Waals surface area contributed by atoms with Gasteiger partial charge in [-0.15, -0.1) is 0 Å². The molecule has 1 atom stereocenters. The Morgan fingerprint density at radius 3 is 2.64 bits per heavy atom. The summed E-state index contributed by atoms with van der Waals surface area (Å²) in [5.74, 6) is -1.08. The van der Waals surface area contributed by atoms with Gasteiger partial charge in [0.15, 0.2) is 0 Å². The summed E-state index contributed by atoms with van der Waals surface area (Å²) in [7, 11) is 0. The molecular formula is C20H23FN4O3. The van der Waals surface area contributed by atoms with E-state index in [1.165, 1.54) is 18.9 Å². The van der Waals surface area contributed by atoms with Crippen molar-refractivity contribution < 1.29 is 18.5 Å². The number of nitrogens with zero attached hydrogens (tertiary/aromatic N) is 3. The van der Waals surface area contributed by atoms with Gasteiger partial charge < -0.3 is 14.7 Å². The molecule has 7 nitrogen and oxygen atoms in total. The van der Waals surface area contributed by atoms with Crippen molar-refractivity contribution in [1.29, 1.82) is 0 Å². The first-order valence-corrected chi connectivity index (χ1v) is 9.61. The van der Waals surface area contributed by atoms with Gasteiger partial charge in [-0.25, -0.2) is 4.39 Å². The van der Waals surface area contributed by atoms with Gasteiger partial charge in [-0.05, 0) is 49.7 Å². The Morgan fingerprint density at radius 2 is 1.96 bits per heavy atom. The van der Waals surface area contributed by atoms with Gasteiger partial charge in [0.25, 0.3) is 11.7 Å². The standard InChI is InChI=1S/C20H23FN4O3/c1-13(19(27)25-10-8-20(6-7-20)9-11-25)22-18(26)17-23-16(28-24-17)12-14-4-2-3-5-15(14)21/h2-5,13H,6-12H2,1H3,(H,22,26)/t13-/m1/s1. The number of carbonyl (C=O) groups excluding carboxylic acids is 2. The first-order chi connectivity index (χ1) is 13.5. The van der Waals surface area contributed by atoms with Gasteiger partial charge in [-0.2, -0.15) is 4.98 Å². The molecule has 1 N–H and O–H groups in total. The van der Waals surface area contributed by atoms with Gasteiger partial charge >= 0.3 is 0 Å². The molecule has 2 aliphatic rings. The van der Waals surface area contributed by atoms with Crippen molar-refractivity contribution in [2.24, 2.45) is 5.41 Å². The molecule has 1 aliphatic heterocycles. The highest BCUT2D eigenvalue weighted by Crippen LogP contribution is 2.53. The molecule has 1 saturated heterocycles. The fourth-order valence-corrected chi connectivity index (χ4v) is 3.70. The maximum absolute atomic E-state index is 13.7. The molecule has 28 heavy (non-hydrogen) atoms. The Bertz CT molecular complexity index is 883. The zero-order chi connectivity index (χ0) is 19.7. The second kappa shape index (κ2) is 7.33. The normalized spacial score (nSPS) is 18.7. The van der Waals surface area contributed by atoms with Crippen LogP contribution in [-0.4, -0.2) is 46.0 Å². The average molecular weight is 386 g/mol. The number of halogens is 1. The van der Waals surface area contributed by atoms with E-state index < -0.39 is 11.9 Å². The van der Waals surface area contributed by atoms with Crippen LogP contribution in [0.15, 0.2) is 28.8 Å². The van der Waals surface area contributed by atoms with Crippen LogP contribution in [-0.2, 0) is 11.2 Å². The van der Waals surface area contributed by atoms with Crippen LogP contribution in [0.5, 0.6) is 0 Å². The van der Waals surface area contributed by atoms with Crippen LogP contribution in [0.3, 0.4) is 0 Å². The van der Waals surface area contributed by atoms with Gasteiger partial charge in [0, 0.05) is 13.1 Å². The van der Waals surface area contributed by atoms with Crippen LogP contribution in [0.4, 0.5) is 4.39 Å². The number of hydrogen-bond donors (Lipinski definition) is 1. The molecule has 0 bridgehead atoms. The molecule has 1 aliphatic carbocycles. The summed E-state index contributed by atoms with van der Waals surface area (Å²) in [6, 6.07) is 5.59. The van der Waals surface area contributed by atoms with E-state index in [2.05, 4.69) is 15.5 Å². The smallest absolute Gasteiger partial charge is 0.293 e. The highest BCUT2D eigenvalue weighted by Gasteiger charge is 2.45. The summed E-state index contributed by atoms with van der Waals surface area (Å²) >= 11 is 0. The molecule has 0 radical (unpaired) electrons. The van der Waals surface area contributed by atoms with Crippen molar-refractivity contribution in [2.75, 3.05) is 13.1 Å². The third-order valence-electron chi connectivity index (χ3n) is 5.78. The van der Waals surface area contributed by atoms with E-state index in [4.69, 9.17) is 4.52 Å². The third kappa shape index (κ3) is 3.90. The summed E-state index contributed by atoms with van der Waals surface area (Å²) in [6.07, 6.45) is 4.73. The molecule has 1 aromatic carbocycles. The fourth-order valence-electron chi connectivity index (χ4n) is 3.70. The molecular weight excluding hydrogens is 363 g/mol. The van der Waals surface area contributed by atoms with Crippen molar-refractivity contribution in [2.45, 2.75) is 45.1 Å². The Hall–Kier alpha value is -2.77. The molecule has 2 aromatic rings. The summed E-state index contributed by atoms with van der Waals surface area (Å²) in [6.45, 7) is 3.14. The zero-order valence-corrected chi connectivity index (χ0v) is 15.8. The number of hydrogen-bond acceptors (Lipinski definition) is 5. The minimum atomic E-state index is -0.672. The van der Waals surface area contributed by atoms with Crippen molar-refractivity contribution in [3.63, 3.8) is 0 Å². The van der Waals surface area contributed by atoms with Crippen LogP contribution in [0.2, 0.25) is 0 Å². The number of carbonyl (C=O) groups is 2. The Labute approximate surface area is 162 Å². The number of aromatic nitrogens is 2. The van der Waals surface area contributed by atoms with E-state index in [0.717, 1.165) is 25.9 Å². The molecule has 2 fully saturated rings. The number of nitrogens with one attached hydrogen (secondary N) is 1. The molecule has 4 rings (SSSR count). The van der Waals surface area contributed by atoms with Crippen LogP contribution < -0.4 is 5.32 Å². The first-order valence-electron chi connectivity index (χ1n) is 9.61. The fraction of sp³-hybridized carbons (Fsp3) is 0.500. The zero-order valence-electron chi connectivity index (χ0n) is 15.8. The SMILES string of the molecule is C[C@@H](NC(=O)c1noc(Cc2ccccc2F)n1)C(=O)N1CCC2(CC1)CC2. The lowest BCUT2D eigenvalue weighted by Gasteiger charge is -2.33. The molecule has 2 heterocycles. The monoisotopic (exact) mass is 386 g/mol. The average Bonchev–Trinajstić information content (AvgIpc) is 3.27. The lowest BCUT2D eigenvalue weighted by atomic mass is 9.93. The Morgan fingerprint density at radius 1 is 1.25 bits per heavy atom. The molecule has 8 heteroatoms. The summed E-state index contributed by atoms with van der Waals surface area (Å²) in [4.78, 5) is 30.8. The van der Waals surface area contributed by atoms with Crippen molar-refractivity contribution in [3.8, 4) is 0 Å². The van der Waals surface area contributed by atoms with Crippen LogP contribution in [0, 0.1) is 11.2 Å². The van der Waals surface area contributed by atoms with E-state index in [9.17, 15) is 14.0 Å². The van der Waals surface area contributed by atoms with Crippen molar-refractivity contribution >= 4 is 11.8 Å². The predicted molar refractivity (Wildman–Crippen MR) is 97.9 cm³/mol. The maximum Gasteiger partial charge on any atom is 0.293 e. The molecule has 1 saturated carbocycles. The first kappa shape index (κ1) is 18.6. The maximum atomic E-state index is 13.7. The summed E-state index contributed by atoms with van der Waals surface area (Å²) in [5, 5.41) is 6.28. The summed E-state index contributed by atoms with van der Waals surface area (Å²) < 4.78 is 18.8. The number of likely N-dealkylation sites (tertiary alicyclic amines) is 1. The topological polar surface area (TPSA) is 88.3 Å². The van der Waals surface area contributed by atoms with Crippen molar-refractivity contribution in [3.05, 3.63) is 47.4 Å². The third-order valence-corrected chi connectivity index (χ3v) is 5.78. The highest BCUT2D eigenvalue weighted by molar-refractivity contribution is 5.94. The largest absolute Gasteiger partial charge is 0.341 e. The van der Waals surface area contributed by atoms with Crippen molar-refractivity contribution in [1.82, 2.24) is 20.4 Å². The van der Waals surface area contributed by atoms with Gasteiger partial charge in [-0.3, -0.25) is 9.59 Å². The van der Waals surface area contributed by atoms with E-state index in [-0.39, 0.29) is 29.9 Å². The van der Waals surface area contributed by atoms with E-state index in [0.29, 0.717) is 11.0 Å². The van der Waals surface area contributed by atoms with Gasteiger partial charge in [0.05, 0.1) is 6.42 Å². The highest BCUT2D eigenvalue weighted by atomic mass is 19.1. The molecule has 1 aromatic heterocycles. The number of rotatable bonds is 5. The lowest BCUT2D eigenvalue weighted by molar-refractivity contribution is -0.134. The molecule has 148 valence electrons. The molecule has 2 amide bonds. The number of benzene rings is 1. The lowest BCUT2D eigenvalue weighted by Crippen LogP contribution is -2.49. The van der Waals surface area contributed by atoms with Crippen LogP contribution in [0.25, 0.3) is 0 Å². The number of amides is 2. The van der Waals surface area contributed by atoms with E-state index in [1.807, 2.05) is 4.90 Å².